The van der Waals surface area contributed by atoms with Gasteiger partial charge in [-0.2, -0.15) is 5.26 Å². The molecule has 0 bridgehead atoms. The van der Waals surface area contributed by atoms with Gasteiger partial charge in [0.25, 0.3) is 0 Å². The number of rotatable bonds is 4. The first-order valence-electron chi connectivity index (χ1n) is 5.16. The molecule has 0 saturated heterocycles. The Kier molecular flexibility index (Phi) is 3.63. The van der Waals surface area contributed by atoms with Crippen molar-refractivity contribution in [3.8, 4) is 6.07 Å². The molecule has 1 rings (SSSR count). The predicted octanol–water partition coefficient (Wildman–Crippen LogP) is 1.04. The van der Waals surface area contributed by atoms with Crippen LogP contribution in [0.5, 0.6) is 0 Å². The molecule has 0 aliphatic rings. The van der Waals surface area contributed by atoms with Crippen molar-refractivity contribution in [3.05, 3.63) is 18.1 Å². The van der Waals surface area contributed by atoms with Gasteiger partial charge < -0.3 is 10.0 Å². The topological polar surface area (TPSA) is 90.1 Å². The van der Waals surface area contributed by atoms with Gasteiger partial charge in [0.15, 0.2) is 5.69 Å². The summed E-state index contributed by atoms with van der Waals surface area (Å²) in [6.07, 6.45) is 2.74. The van der Waals surface area contributed by atoms with E-state index in [-0.39, 0.29) is 5.69 Å². The Morgan fingerprint density at radius 1 is 1.53 bits per heavy atom. The standard InChI is InChI=1S/C11H14N4O2/c1-4-15(11(2,3)10(16)17)9-7-13-8(5-12)6-14-9/h6-7H,4H2,1-3H3,(H,16,17). The number of likely N-dealkylation sites (N-methyl/N-ethyl adjacent to an activating group) is 1. The van der Waals surface area contributed by atoms with E-state index in [0.29, 0.717) is 12.4 Å². The Labute approximate surface area is 99.5 Å². The molecule has 0 saturated carbocycles. The van der Waals surface area contributed by atoms with Gasteiger partial charge in [0.2, 0.25) is 0 Å². The summed E-state index contributed by atoms with van der Waals surface area (Å²) in [6, 6.07) is 1.86. The van der Waals surface area contributed by atoms with Crippen LogP contribution in [-0.4, -0.2) is 33.1 Å². The van der Waals surface area contributed by atoms with Gasteiger partial charge in [-0.05, 0) is 20.8 Å². The van der Waals surface area contributed by atoms with Gasteiger partial charge in [0.1, 0.15) is 17.4 Å². The van der Waals surface area contributed by atoms with Gasteiger partial charge in [-0.3, -0.25) is 0 Å². The maximum atomic E-state index is 11.2. The molecular weight excluding hydrogens is 220 g/mol. The van der Waals surface area contributed by atoms with Gasteiger partial charge in [-0.15, -0.1) is 0 Å². The van der Waals surface area contributed by atoms with E-state index < -0.39 is 11.5 Å². The molecule has 0 radical (unpaired) electrons. The third-order valence-electron chi connectivity index (χ3n) is 2.54. The van der Waals surface area contributed by atoms with E-state index in [1.54, 1.807) is 18.7 Å². The van der Waals surface area contributed by atoms with E-state index in [1.807, 2.05) is 13.0 Å². The normalized spacial score (nSPS) is 10.7. The Balaban J connectivity index is 3.10. The maximum Gasteiger partial charge on any atom is 0.328 e. The Bertz CT molecular complexity index is 448. The molecule has 0 unspecified atom stereocenters. The summed E-state index contributed by atoms with van der Waals surface area (Å²) in [6.45, 7) is 5.52. The second kappa shape index (κ2) is 4.78. The van der Waals surface area contributed by atoms with E-state index in [9.17, 15) is 4.79 Å². The number of nitriles is 1. The van der Waals surface area contributed by atoms with Gasteiger partial charge in [-0.1, -0.05) is 0 Å². The lowest BCUT2D eigenvalue weighted by Crippen LogP contribution is -2.50. The van der Waals surface area contributed by atoms with Crippen molar-refractivity contribution in [1.82, 2.24) is 9.97 Å². The minimum absolute atomic E-state index is 0.206. The molecule has 0 atom stereocenters. The summed E-state index contributed by atoms with van der Waals surface area (Å²) in [4.78, 5) is 20.7. The molecule has 0 amide bonds. The fraction of sp³-hybridized carbons (Fsp3) is 0.455. The van der Waals surface area contributed by atoms with E-state index >= 15 is 0 Å². The van der Waals surface area contributed by atoms with Crippen LogP contribution in [0.4, 0.5) is 5.82 Å². The predicted molar refractivity (Wildman–Crippen MR) is 61.5 cm³/mol. The third-order valence-corrected chi connectivity index (χ3v) is 2.54. The zero-order valence-corrected chi connectivity index (χ0v) is 10.0. The summed E-state index contributed by atoms with van der Waals surface area (Å²) in [5.74, 6) is -0.496. The monoisotopic (exact) mass is 234 g/mol. The SMILES string of the molecule is CCN(c1cnc(C#N)cn1)C(C)(C)C(=O)O. The Morgan fingerprint density at radius 2 is 2.18 bits per heavy atom. The van der Waals surface area contributed by atoms with Crippen LogP contribution in [0, 0.1) is 11.3 Å². The minimum atomic E-state index is -1.07. The molecule has 90 valence electrons. The van der Waals surface area contributed by atoms with Crippen LogP contribution in [0.15, 0.2) is 12.4 Å². The average molecular weight is 234 g/mol. The molecule has 0 fully saturated rings. The number of hydrogen-bond donors (Lipinski definition) is 1. The number of carbonyl (C=O) groups is 1. The van der Waals surface area contributed by atoms with Gasteiger partial charge in [-0.25, -0.2) is 14.8 Å². The molecule has 0 aliphatic carbocycles. The Hall–Kier alpha value is -2.16. The van der Waals surface area contributed by atoms with E-state index in [1.165, 1.54) is 12.4 Å². The Morgan fingerprint density at radius 3 is 2.53 bits per heavy atom. The molecule has 1 aromatic rings. The van der Waals surface area contributed by atoms with Crippen molar-refractivity contribution in [2.24, 2.45) is 0 Å². The maximum absolute atomic E-state index is 11.2. The van der Waals surface area contributed by atoms with Crippen LogP contribution in [0.25, 0.3) is 0 Å². The van der Waals surface area contributed by atoms with Crippen LogP contribution in [-0.2, 0) is 4.79 Å². The highest BCUT2D eigenvalue weighted by Gasteiger charge is 2.34. The van der Waals surface area contributed by atoms with Crippen LogP contribution < -0.4 is 4.90 Å². The lowest BCUT2D eigenvalue weighted by atomic mass is 10.0. The second-order valence-corrected chi connectivity index (χ2v) is 3.98. The molecular formula is C11H14N4O2. The smallest absolute Gasteiger partial charge is 0.328 e. The number of aliphatic carboxylic acids is 1. The zero-order chi connectivity index (χ0) is 13.1. The summed E-state index contributed by atoms with van der Waals surface area (Å²) in [7, 11) is 0. The van der Waals surface area contributed by atoms with Crippen LogP contribution >= 0.6 is 0 Å². The zero-order valence-electron chi connectivity index (χ0n) is 10.0. The van der Waals surface area contributed by atoms with Gasteiger partial charge in [0, 0.05) is 6.54 Å². The number of aromatic nitrogens is 2. The minimum Gasteiger partial charge on any atom is -0.480 e. The molecule has 6 nitrogen and oxygen atoms in total. The first-order valence-corrected chi connectivity index (χ1v) is 5.16. The van der Waals surface area contributed by atoms with Crippen molar-refractivity contribution in [3.63, 3.8) is 0 Å². The summed E-state index contributed by atoms with van der Waals surface area (Å²) >= 11 is 0. The number of carboxylic acid groups (broad SMARTS) is 1. The molecule has 1 N–H and O–H groups in total. The fourth-order valence-electron chi connectivity index (χ4n) is 1.48. The first kappa shape index (κ1) is 12.9. The van der Waals surface area contributed by atoms with Crippen LogP contribution in [0.1, 0.15) is 26.5 Å². The van der Waals surface area contributed by atoms with Crippen molar-refractivity contribution in [2.75, 3.05) is 11.4 Å². The summed E-state index contributed by atoms with van der Waals surface area (Å²) < 4.78 is 0. The average Bonchev–Trinajstić information content (AvgIpc) is 2.30. The number of anilines is 1. The van der Waals surface area contributed by atoms with Gasteiger partial charge in [0.05, 0.1) is 12.4 Å². The number of nitrogens with zero attached hydrogens (tertiary/aromatic N) is 4. The quantitative estimate of drug-likeness (QED) is 0.837. The second-order valence-electron chi connectivity index (χ2n) is 3.98. The lowest BCUT2D eigenvalue weighted by Gasteiger charge is -2.34. The highest BCUT2D eigenvalue weighted by Crippen LogP contribution is 2.21. The van der Waals surface area contributed by atoms with Crippen molar-refractivity contribution in [2.45, 2.75) is 26.3 Å². The fourth-order valence-corrected chi connectivity index (χ4v) is 1.48. The highest BCUT2D eigenvalue weighted by atomic mass is 16.4. The highest BCUT2D eigenvalue weighted by molar-refractivity contribution is 5.82. The van der Waals surface area contributed by atoms with Crippen LogP contribution in [0.2, 0.25) is 0 Å². The van der Waals surface area contributed by atoms with Crippen molar-refractivity contribution < 1.29 is 9.90 Å². The largest absolute Gasteiger partial charge is 0.480 e. The number of carboxylic acids is 1. The van der Waals surface area contributed by atoms with Crippen molar-refractivity contribution >= 4 is 11.8 Å². The van der Waals surface area contributed by atoms with E-state index in [0.717, 1.165) is 0 Å². The third kappa shape index (κ3) is 2.50. The lowest BCUT2D eigenvalue weighted by molar-refractivity contribution is -0.142. The molecule has 0 aromatic carbocycles. The molecule has 6 heteroatoms. The van der Waals surface area contributed by atoms with Crippen molar-refractivity contribution in [1.29, 1.82) is 5.26 Å². The number of hydrogen-bond acceptors (Lipinski definition) is 5. The molecule has 0 spiro atoms. The van der Waals surface area contributed by atoms with E-state index in [4.69, 9.17) is 10.4 Å². The summed E-state index contributed by atoms with van der Waals surface area (Å²) in [5, 5.41) is 17.8. The molecule has 1 aromatic heterocycles. The summed E-state index contributed by atoms with van der Waals surface area (Å²) in [5.41, 5.74) is -0.865. The first-order chi connectivity index (χ1) is 7.93. The van der Waals surface area contributed by atoms with Crippen LogP contribution in [0.3, 0.4) is 0 Å². The van der Waals surface area contributed by atoms with Gasteiger partial charge >= 0.3 is 5.97 Å². The molecule has 17 heavy (non-hydrogen) atoms. The molecule has 0 aliphatic heterocycles. The molecule has 1 heterocycles. The van der Waals surface area contributed by atoms with E-state index in [2.05, 4.69) is 9.97 Å².